The SMILES string of the molecule is COC(=O)C(C1CC1)S(=O)c1cc(Cl)ccc1Cl. The average molecular weight is 307 g/mol. The van der Waals surface area contributed by atoms with E-state index in [-0.39, 0.29) is 5.92 Å². The van der Waals surface area contributed by atoms with Crippen molar-refractivity contribution in [2.45, 2.75) is 23.0 Å². The number of hydrogen-bond acceptors (Lipinski definition) is 3. The van der Waals surface area contributed by atoms with Gasteiger partial charge in [0.2, 0.25) is 0 Å². The molecule has 1 fully saturated rings. The van der Waals surface area contributed by atoms with Gasteiger partial charge in [0.05, 0.1) is 27.8 Å². The molecule has 1 aliphatic rings. The molecule has 0 bridgehead atoms. The second kappa shape index (κ2) is 5.59. The van der Waals surface area contributed by atoms with Crippen molar-refractivity contribution in [3.8, 4) is 0 Å². The second-order valence-electron chi connectivity index (χ2n) is 4.15. The number of halogens is 2. The van der Waals surface area contributed by atoms with Gasteiger partial charge in [-0.3, -0.25) is 9.00 Å². The average Bonchev–Trinajstić information content (AvgIpc) is 3.16. The Labute approximate surface area is 118 Å². The lowest BCUT2D eigenvalue weighted by atomic mass is 10.3. The number of esters is 1. The molecule has 0 saturated heterocycles. The van der Waals surface area contributed by atoms with Crippen LogP contribution >= 0.6 is 23.2 Å². The summed E-state index contributed by atoms with van der Waals surface area (Å²) in [7, 11) is -0.231. The zero-order chi connectivity index (χ0) is 13.3. The zero-order valence-electron chi connectivity index (χ0n) is 9.69. The molecule has 1 aromatic carbocycles. The summed E-state index contributed by atoms with van der Waals surface area (Å²) in [5.74, 6) is -0.333. The lowest BCUT2D eigenvalue weighted by Crippen LogP contribution is -2.29. The first-order valence-corrected chi connectivity index (χ1v) is 7.45. The summed E-state index contributed by atoms with van der Waals surface area (Å²) in [6.45, 7) is 0. The topological polar surface area (TPSA) is 43.4 Å². The first kappa shape index (κ1) is 13.8. The van der Waals surface area contributed by atoms with E-state index in [2.05, 4.69) is 0 Å². The Morgan fingerprint density at radius 3 is 2.67 bits per heavy atom. The fraction of sp³-hybridized carbons (Fsp3) is 0.417. The lowest BCUT2D eigenvalue weighted by molar-refractivity contribution is -0.140. The molecule has 2 atom stereocenters. The number of methoxy groups -OCH3 is 1. The van der Waals surface area contributed by atoms with E-state index in [1.54, 1.807) is 18.2 Å². The van der Waals surface area contributed by atoms with Crippen LogP contribution in [0, 0.1) is 5.92 Å². The van der Waals surface area contributed by atoms with Crippen LogP contribution in [-0.2, 0) is 20.3 Å². The summed E-state index contributed by atoms with van der Waals surface area (Å²) < 4.78 is 17.2. The molecule has 0 aromatic heterocycles. The molecule has 0 aliphatic heterocycles. The third kappa shape index (κ3) is 2.87. The van der Waals surface area contributed by atoms with Gasteiger partial charge in [0.15, 0.2) is 0 Å². The molecule has 0 spiro atoms. The van der Waals surface area contributed by atoms with Crippen LogP contribution in [0.25, 0.3) is 0 Å². The molecular formula is C12H12Cl2O3S. The summed E-state index contributed by atoms with van der Waals surface area (Å²) in [4.78, 5) is 12.1. The molecule has 1 aliphatic carbocycles. The fourth-order valence-electron chi connectivity index (χ4n) is 1.74. The van der Waals surface area contributed by atoms with Gasteiger partial charge in [-0.2, -0.15) is 0 Å². The quantitative estimate of drug-likeness (QED) is 0.803. The minimum absolute atomic E-state index is 0.119. The number of rotatable bonds is 4. The summed E-state index contributed by atoms with van der Waals surface area (Å²) in [6.07, 6.45) is 1.79. The van der Waals surface area contributed by atoms with Crippen molar-refractivity contribution in [3.63, 3.8) is 0 Å². The van der Waals surface area contributed by atoms with Crippen LogP contribution in [0.15, 0.2) is 23.1 Å². The predicted molar refractivity (Wildman–Crippen MR) is 71.4 cm³/mol. The van der Waals surface area contributed by atoms with Gasteiger partial charge in [-0.25, -0.2) is 0 Å². The van der Waals surface area contributed by atoms with E-state index in [4.69, 9.17) is 27.9 Å². The Balaban J connectivity index is 2.33. The van der Waals surface area contributed by atoms with Gasteiger partial charge in [0.1, 0.15) is 5.25 Å². The first-order valence-electron chi connectivity index (χ1n) is 5.48. The highest BCUT2D eigenvalue weighted by Crippen LogP contribution is 2.39. The van der Waals surface area contributed by atoms with Crippen molar-refractivity contribution in [1.29, 1.82) is 0 Å². The largest absolute Gasteiger partial charge is 0.468 e. The molecule has 0 heterocycles. The van der Waals surface area contributed by atoms with Crippen LogP contribution < -0.4 is 0 Å². The van der Waals surface area contributed by atoms with Crippen molar-refractivity contribution >= 4 is 40.0 Å². The van der Waals surface area contributed by atoms with Gasteiger partial charge in [0, 0.05) is 5.02 Å². The molecule has 0 N–H and O–H groups in total. The Hall–Kier alpha value is -0.580. The maximum atomic E-state index is 12.5. The first-order chi connectivity index (χ1) is 8.54. The molecule has 0 radical (unpaired) electrons. The Kier molecular flexibility index (Phi) is 4.30. The minimum atomic E-state index is -1.53. The molecule has 2 unspecified atom stereocenters. The van der Waals surface area contributed by atoms with Gasteiger partial charge in [-0.05, 0) is 37.0 Å². The van der Waals surface area contributed by atoms with E-state index in [0.29, 0.717) is 14.9 Å². The van der Waals surface area contributed by atoms with E-state index >= 15 is 0 Å². The molecule has 98 valence electrons. The molecule has 1 saturated carbocycles. The molecule has 6 heteroatoms. The van der Waals surface area contributed by atoms with E-state index in [0.717, 1.165) is 12.8 Å². The third-order valence-corrected chi connectivity index (χ3v) is 5.31. The van der Waals surface area contributed by atoms with Gasteiger partial charge >= 0.3 is 5.97 Å². The Morgan fingerprint density at radius 2 is 2.11 bits per heavy atom. The van der Waals surface area contributed by atoms with Crippen molar-refractivity contribution in [3.05, 3.63) is 28.2 Å². The van der Waals surface area contributed by atoms with E-state index in [1.807, 2.05) is 0 Å². The monoisotopic (exact) mass is 306 g/mol. The van der Waals surface area contributed by atoms with Crippen LogP contribution in [0.4, 0.5) is 0 Å². The van der Waals surface area contributed by atoms with Crippen LogP contribution in [0.1, 0.15) is 12.8 Å². The van der Waals surface area contributed by atoms with Gasteiger partial charge in [-0.15, -0.1) is 0 Å². The summed E-state index contributed by atoms with van der Waals surface area (Å²) in [6, 6.07) is 4.74. The standard InChI is InChI=1S/C12H12Cl2O3S/c1-17-12(15)11(7-2-3-7)18(16)10-6-8(13)4-5-9(10)14/h4-7,11H,2-3H2,1H3. The second-order valence-corrected chi connectivity index (χ2v) is 6.54. The van der Waals surface area contributed by atoms with Crippen LogP contribution in [0.5, 0.6) is 0 Å². The highest BCUT2D eigenvalue weighted by atomic mass is 35.5. The normalized spacial score (nSPS) is 18.2. The number of ether oxygens (including phenoxy) is 1. The maximum Gasteiger partial charge on any atom is 0.322 e. The number of benzene rings is 1. The van der Waals surface area contributed by atoms with Gasteiger partial charge < -0.3 is 4.74 Å². The van der Waals surface area contributed by atoms with Crippen molar-refractivity contribution < 1.29 is 13.7 Å². The molecule has 18 heavy (non-hydrogen) atoms. The number of carbonyl (C=O) groups excluding carboxylic acids is 1. The summed E-state index contributed by atoms with van der Waals surface area (Å²) >= 11 is 11.9. The molecule has 3 nitrogen and oxygen atoms in total. The third-order valence-electron chi connectivity index (χ3n) is 2.82. The Morgan fingerprint density at radius 1 is 1.44 bits per heavy atom. The molecule has 2 rings (SSSR count). The van der Waals surface area contributed by atoms with Crippen LogP contribution in [0.3, 0.4) is 0 Å². The molecule has 0 amide bonds. The summed E-state index contributed by atoms with van der Waals surface area (Å²) in [5, 5.41) is 0.153. The number of hydrogen-bond donors (Lipinski definition) is 0. The minimum Gasteiger partial charge on any atom is -0.468 e. The molecule has 1 aromatic rings. The highest BCUT2D eigenvalue weighted by Gasteiger charge is 2.42. The van der Waals surface area contributed by atoms with E-state index in [1.165, 1.54) is 7.11 Å². The van der Waals surface area contributed by atoms with E-state index < -0.39 is 22.0 Å². The van der Waals surface area contributed by atoms with Crippen LogP contribution in [0.2, 0.25) is 10.0 Å². The van der Waals surface area contributed by atoms with Gasteiger partial charge in [-0.1, -0.05) is 23.2 Å². The van der Waals surface area contributed by atoms with Gasteiger partial charge in [0.25, 0.3) is 0 Å². The lowest BCUT2D eigenvalue weighted by Gasteiger charge is -2.14. The van der Waals surface area contributed by atoms with Crippen molar-refractivity contribution in [2.75, 3.05) is 7.11 Å². The van der Waals surface area contributed by atoms with Crippen LogP contribution in [-0.4, -0.2) is 22.5 Å². The fourth-order valence-corrected chi connectivity index (χ4v) is 3.99. The van der Waals surface area contributed by atoms with Crippen molar-refractivity contribution in [2.24, 2.45) is 5.92 Å². The highest BCUT2D eigenvalue weighted by molar-refractivity contribution is 7.86. The summed E-state index contributed by atoms with van der Waals surface area (Å²) in [5.41, 5.74) is 0. The maximum absolute atomic E-state index is 12.5. The zero-order valence-corrected chi connectivity index (χ0v) is 12.0. The smallest absolute Gasteiger partial charge is 0.322 e. The Bertz CT molecular complexity index is 500. The number of carbonyl (C=O) groups is 1. The van der Waals surface area contributed by atoms with E-state index in [9.17, 15) is 9.00 Å². The van der Waals surface area contributed by atoms with Crippen molar-refractivity contribution in [1.82, 2.24) is 0 Å². The molecular weight excluding hydrogens is 295 g/mol. The predicted octanol–water partition coefficient (Wildman–Crippen LogP) is 3.05.